The van der Waals surface area contributed by atoms with Crippen LogP contribution in [0.15, 0.2) is 72.8 Å². The SMILES string of the molecule is CC1(C)c2ccc([nH]2)C(C)(C)c2ccc([nH]2)C(C)(c2cccc(N)c2)c2ccc([nH]2)C(C)(C)c2ccc1[nH]2. The van der Waals surface area contributed by atoms with Gasteiger partial charge in [-0.2, -0.15) is 0 Å². The Morgan fingerprint density at radius 1 is 0.447 bits per heavy atom. The molecule has 6 N–H and O–H groups in total. The molecule has 196 valence electrons. The monoisotopic (exact) mass is 505 g/mol. The van der Waals surface area contributed by atoms with Gasteiger partial charge in [0.15, 0.2) is 0 Å². The fraction of sp³-hybridized carbons (Fsp3) is 0.333. The number of fused-ring (bicyclic) bond motifs is 8. The largest absolute Gasteiger partial charge is 0.399 e. The Labute approximate surface area is 225 Å². The maximum Gasteiger partial charge on any atom is 0.0724 e. The zero-order valence-electron chi connectivity index (χ0n) is 23.5. The molecule has 38 heavy (non-hydrogen) atoms. The molecule has 4 aromatic heterocycles. The average molecular weight is 506 g/mol. The Morgan fingerprint density at radius 3 is 1.11 bits per heavy atom. The van der Waals surface area contributed by atoms with Crippen LogP contribution in [0.1, 0.15) is 99.6 Å². The quantitative estimate of drug-likeness (QED) is 0.153. The summed E-state index contributed by atoms with van der Waals surface area (Å²) in [5, 5.41) is 0. The Balaban J connectivity index is 1.64. The third kappa shape index (κ3) is 3.37. The lowest BCUT2D eigenvalue weighted by molar-refractivity contribution is 0.552. The number of nitrogens with two attached hydrogens (primary N) is 1. The Kier molecular flexibility index (Phi) is 5.04. The molecule has 0 amide bonds. The van der Waals surface area contributed by atoms with Crippen LogP contribution in [-0.4, -0.2) is 19.9 Å². The predicted molar refractivity (Wildman–Crippen MR) is 156 cm³/mol. The number of anilines is 1. The summed E-state index contributed by atoms with van der Waals surface area (Å²) >= 11 is 0. The third-order valence-corrected chi connectivity index (χ3v) is 9.33. The van der Waals surface area contributed by atoms with Crippen LogP contribution in [0.5, 0.6) is 0 Å². The highest BCUT2D eigenvalue weighted by atomic mass is 14.9. The second-order valence-corrected chi connectivity index (χ2v) is 12.8. The molecule has 0 spiro atoms. The summed E-state index contributed by atoms with van der Waals surface area (Å²) in [5.41, 5.74) is 16.4. The van der Waals surface area contributed by atoms with Crippen LogP contribution in [0.2, 0.25) is 0 Å². The highest BCUT2D eigenvalue weighted by Crippen LogP contribution is 2.43. The molecular formula is C33H39N5. The number of aromatic nitrogens is 4. The van der Waals surface area contributed by atoms with E-state index in [0.717, 1.165) is 34.0 Å². The molecule has 5 heteroatoms. The summed E-state index contributed by atoms with van der Waals surface area (Å²) in [6.07, 6.45) is 0. The van der Waals surface area contributed by atoms with E-state index in [0.29, 0.717) is 0 Å². The Hall–Kier alpha value is -3.86. The first-order valence-corrected chi connectivity index (χ1v) is 13.5. The number of benzene rings is 1. The van der Waals surface area contributed by atoms with E-state index in [-0.39, 0.29) is 16.2 Å². The molecule has 1 aliphatic rings. The summed E-state index contributed by atoms with van der Waals surface area (Å²) in [5.74, 6) is 0. The van der Waals surface area contributed by atoms with E-state index < -0.39 is 5.41 Å². The van der Waals surface area contributed by atoms with Crippen LogP contribution in [0, 0.1) is 0 Å². The fourth-order valence-electron chi connectivity index (χ4n) is 6.09. The minimum absolute atomic E-state index is 0.201. The van der Waals surface area contributed by atoms with Crippen molar-refractivity contribution in [2.45, 2.75) is 70.1 Å². The molecule has 5 heterocycles. The van der Waals surface area contributed by atoms with Gasteiger partial charge in [0, 0.05) is 67.5 Å². The summed E-state index contributed by atoms with van der Waals surface area (Å²) in [6, 6.07) is 26.1. The second kappa shape index (κ2) is 7.83. The molecule has 0 saturated carbocycles. The lowest BCUT2D eigenvalue weighted by atomic mass is 9.76. The molecule has 0 fully saturated rings. The number of rotatable bonds is 1. The average Bonchev–Trinajstić information content (AvgIpc) is 3.69. The fourth-order valence-corrected chi connectivity index (χ4v) is 6.09. The van der Waals surface area contributed by atoms with E-state index >= 15 is 0 Å². The van der Waals surface area contributed by atoms with E-state index in [4.69, 9.17) is 5.73 Å². The lowest BCUT2D eigenvalue weighted by Gasteiger charge is -2.31. The molecule has 0 unspecified atom stereocenters. The Morgan fingerprint density at radius 2 is 0.763 bits per heavy atom. The summed E-state index contributed by atoms with van der Waals surface area (Å²) in [7, 11) is 0. The van der Waals surface area contributed by atoms with Crippen molar-refractivity contribution >= 4 is 5.69 Å². The van der Waals surface area contributed by atoms with Crippen molar-refractivity contribution in [2.75, 3.05) is 5.73 Å². The molecule has 8 bridgehead atoms. The van der Waals surface area contributed by atoms with Gasteiger partial charge < -0.3 is 25.7 Å². The molecule has 6 rings (SSSR count). The van der Waals surface area contributed by atoms with Gasteiger partial charge in [0.1, 0.15) is 0 Å². The van der Waals surface area contributed by atoms with E-state index in [1.54, 1.807) is 0 Å². The number of hydrogen-bond acceptors (Lipinski definition) is 1. The van der Waals surface area contributed by atoms with Crippen molar-refractivity contribution in [3.63, 3.8) is 0 Å². The number of nitrogen functional groups attached to an aromatic ring is 1. The summed E-state index contributed by atoms with van der Waals surface area (Å²) in [4.78, 5) is 15.3. The minimum atomic E-state index is -0.459. The first kappa shape index (κ1) is 24.5. The number of aromatic amines is 4. The standard InChI is InChI=1S/C33H39N5/c1-30(2)22-11-13-24(35-22)31(3,4)26-15-17-28(37-26)33(7,20-9-8-10-21(34)19-20)29-18-16-27(38-29)32(5,6)25-14-12-23(30)36-25/h8-19,35-38H,34H2,1-7H3. The molecule has 0 saturated heterocycles. The van der Waals surface area contributed by atoms with Crippen molar-refractivity contribution in [3.05, 3.63) is 124 Å². The molecule has 0 radical (unpaired) electrons. The maximum absolute atomic E-state index is 6.30. The maximum atomic E-state index is 6.30. The summed E-state index contributed by atoms with van der Waals surface area (Å²) < 4.78 is 0. The van der Waals surface area contributed by atoms with E-state index in [9.17, 15) is 0 Å². The van der Waals surface area contributed by atoms with Crippen LogP contribution in [-0.2, 0) is 21.7 Å². The zero-order valence-corrected chi connectivity index (χ0v) is 23.5. The van der Waals surface area contributed by atoms with Crippen molar-refractivity contribution in [1.82, 2.24) is 19.9 Å². The molecule has 5 nitrogen and oxygen atoms in total. The van der Waals surface area contributed by atoms with Gasteiger partial charge in [-0.25, -0.2) is 0 Å². The highest BCUT2D eigenvalue weighted by molar-refractivity contribution is 5.53. The lowest BCUT2D eigenvalue weighted by Crippen LogP contribution is -2.29. The van der Waals surface area contributed by atoms with E-state index in [1.807, 2.05) is 12.1 Å². The van der Waals surface area contributed by atoms with Crippen LogP contribution in [0.4, 0.5) is 5.69 Å². The molecule has 1 aromatic carbocycles. The zero-order chi connectivity index (χ0) is 27.1. The molecule has 1 aliphatic heterocycles. The van der Waals surface area contributed by atoms with E-state index in [2.05, 4.69) is 129 Å². The number of hydrogen-bond donors (Lipinski definition) is 5. The summed E-state index contributed by atoms with van der Waals surface area (Å²) in [6.45, 7) is 15.9. The minimum Gasteiger partial charge on any atom is -0.399 e. The normalized spacial score (nSPS) is 18.8. The molecule has 0 atom stereocenters. The van der Waals surface area contributed by atoms with Gasteiger partial charge in [-0.05, 0) is 115 Å². The topological polar surface area (TPSA) is 89.2 Å². The van der Waals surface area contributed by atoms with Gasteiger partial charge in [-0.15, -0.1) is 0 Å². The van der Waals surface area contributed by atoms with Crippen LogP contribution in [0.3, 0.4) is 0 Å². The predicted octanol–water partition coefficient (Wildman–Crippen LogP) is 7.23. The second-order valence-electron chi connectivity index (χ2n) is 12.8. The van der Waals surface area contributed by atoms with Crippen LogP contribution < -0.4 is 5.73 Å². The Bertz CT molecular complexity index is 1540. The first-order chi connectivity index (χ1) is 17.8. The first-order valence-electron chi connectivity index (χ1n) is 13.5. The molecule has 0 aliphatic carbocycles. The van der Waals surface area contributed by atoms with Crippen molar-refractivity contribution in [1.29, 1.82) is 0 Å². The molecule has 5 aromatic rings. The van der Waals surface area contributed by atoms with Gasteiger partial charge in [-0.3, -0.25) is 0 Å². The van der Waals surface area contributed by atoms with Gasteiger partial charge in [-0.1, -0.05) is 12.1 Å². The number of H-pyrrole nitrogens is 4. The van der Waals surface area contributed by atoms with Crippen molar-refractivity contribution in [3.8, 4) is 0 Å². The number of nitrogens with one attached hydrogen (secondary N) is 4. The van der Waals surface area contributed by atoms with Crippen molar-refractivity contribution in [2.24, 2.45) is 0 Å². The van der Waals surface area contributed by atoms with Crippen molar-refractivity contribution < 1.29 is 0 Å². The van der Waals surface area contributed by atoms with Gasteiger partial charge in [0.25, 0.3) is 0 Å². The van der Waals surface area contributed by atoms with Gasteiger partial charge in [0.2, 0.25) is 0 Å². The van der Waals surface area contributed by atoms with Gasteiger partial charge >= 0.3 is 0 Å². The van der Waals surface area contributed by atoms with Crippen LogP contribution >= 0.6 is 0 Å². The van der Waals surface area contributed by atoms with Crippen LogP contribution in [0.25, 0.3) is 0 Å². The molecular weight excluding hydrogens is 466 g/mol. The van der Waals surface area contributed by atoms with E-state index in [1.165, 1.54) is 22.8 Å². The third-order valence-electron chi connectivity index (χ3n) is 9.33. The smallest absolute Gasteiger partial charge is 0.0724 e. The van der Waals surface area contributed by atoms with Gasteiger partial charge in [0.05, 0.1) is 5.41 Å². The highest BCUT2D eigenvalue weighted by Gasteiger charge is 2.39.